The summed E-state index contributed by atoms with van der Waals surface area (Å²) < 4.78 is 10.3. The summed E-state index contributed by atoms with van der Waals surface area (Å²) in [5, 5.41) is 2.66. The summed E-state index contributed by atoms with van der Waals surface area (Å²) in [6, 6.07) is 8.00. The minimum absolute atomic E-state index is 0.153. The molecular formula is C19H27NO5. The molecule has 2 atom stereocenters. The second-order valence-corrected chi connectivity index (χ2v) is 6.58. The summed E-state index contributed by atoms with van der Waals surface area (Å²) in [6.07, 6.45) is -0.539. The van der Waals surface area contributed by atoms with Gasteiger partial charge in [0.2, 0.25) is 0 Å². The van der Waals surface area contributed by atoms with E-state index in [2.05, 4.69) is 5.32 Å². The van der Waals surface area contributed by atoms with Crippen LogP contribution in [0.5, 0.6) is 0 Å². The third-order valence-corrected chi connectivity index (χ3v) is 3.40. The van der Waals surface area contributed by atoms with E-state index in [0.29, 0.717) is 5.56 Å². The van der Waals surface area contributed by atoms with Gasteiger partial charge in [0.25, 0.3) is 0 Å². The van der Waals surface area contributed by atoms with Crippen LogP contribution in [0.15, 0.2) is 30.3 Å². The molecule has 0 aromatic heterocycles. The largest absolute Gasteiger partial charge is 0.465 e. The molecule has 0 bridgehead atoms. The fraction of sp³-hybridized carbons (Fsp3) is 0.526. The van der Waals surface area contributed by atoms with Crippen molar-refractivity contribution in [3.63, 3.8) is 0 Å². The van der Waals surface area contributed by atoms with E-state index < -0.39 is 29.6 Å². The van der Waals surface area contributed by atoms with E-state index in [1.807, 2.05) is 6.07 Å². The number of carbonyl (C=O) groups excluding carboxylic acids is 3. The van der Waals surface area contributed by atoms with Crippen molar-refractivity contribution in [2.24, 2.45) is 5.92 Å². The Morgan fingerprint density at radius 2 is 1.68 bits per heavy atom. The van der Waals surface area contributed by atoms with Gasteiger partial charge in [-0.15, -0.1) is 0 Å². The molecule has 0 spiro atoms. The second kappa shape index (κ2) is 9.20. The zero-order valence-corrected chi connectivity index (χ0v) is 15.5. The molecule has 0 aliphatic heterocycles. The Hall–Kier alpha value is -2.37. The number of hydrogen-bond donors (Lipinski definition) is 1. The van der Waals surface area contributed by atoms with Gasteiger partial charge < -0.3 is 14.8 Å². The molecule has 0 saturated heterocycles. The van der Waals surface area contributed by atoms with Gasteiger partial charge in [0.05, 0.1) is 12.6 Å². The standard InChI is InChI=1S/C19H27NO5/c1-6-14(21)15(17(22)24-7-2)16(13-11-9-8-10-12-13)20-18(23)25-19(3,4)5/h8-12,15-16H,6-7H2,1-5H3,(H,20,23)/t15-,16+/m1/s1. The number of carbonyl (C=O) groups is 3. The Morgan fingerprint density at radius 3 is 2.16 bits per heavy atom. The normalized spacial score (nSPS) is 13.5. The predicted octanol–water partition coefficient (Wildman–Crippen LogP) is 3.41. The topological polar surface area (TPSA) is 81.7 Å². The molecule has 1 rings (SSSR count). The molecular weight excluding hydrogens is 322 g/mol. The van der Waals surface area contributed by atoms with Crippen molar-refractivity contribution in [3.05, 3.63) is 35.9 Å². The summed E-state index contributed by atoms with van der Waals surface area (Å²) in [5.74, 6) is -2.08. The highest BCUT2D eigenvalue weighted by atomic mass is 16.6. The van der Waals surface area contributed by atoms with Gasteiger partial charge in [0.1, 0.15) is 17.3 Å². The minimum Gasteiger partial charge on any atom is -0.465 e. The van der Waals surface area contributed by atoms with E-state index in [0.717, 1.165) is 0 Å². The lowest BCUT2D eigenvalue weighted by Crippen LogP contribution is -2.43. The second-order valence-electron chi connectivity index (χ2n) is 6.58. The van der Waals surface area contributed by atoms with Crippen LogP contribution < -0.4 is 5.32 Å². The number of ether oxygens (including phenoxy) is 2. The number of ketones is 1. The molecule has 1 amide bonds. The van der Waals surface area contributed by atoms with Crippen molar-refractivity contribution in [1.82, 2.24) is 5.32 Å². The number of Topliss-reactive ketones (excluding diaryl/α,β-unsaturated/α-hetero) is 1. The van der Waals surface area contributed by atoms with Crippen LogP contribution >= 0.6 is 0 Å². The first-order chi connectivity index (χ1) is 11.7. The third kappa shape index (κ3) is 6.57. The Bertz CT molecular complexity index is 592. The fourth-order valence-corrected chi connectivity index (χ4v) is 2.36. The van der Waals surface area contributed by atoms with Crippen molar-refractivity contribution < 1.29 is 23.9 Å². The monoisotopic (exact) mass is 349 g/mol. The zero-order valence-electron chi connectivity index (χ0n) is 15.5. The predicted molar refractivity (Wildman–Crippen MR) is 94.0 cm³/mol. The number of benzene rings is 1. The molecule has 138 valence electrons. The first-order valence-corrected chi connectivity index (χ1v) is 8.43. The number of rotatable bonds is 7. The Labute approximate surface area is 148 Å². The highest BCUT2D eigenvalue weighted by molar-refractivity contribution is 6.00. The van der Waals surface area contributed by atoms with E-state index in [1.165, 1.54) is 0 Å². The molecule has 0 saturated carbocycles. The van der Waals surface area contributed by atoms with E-state index in [-0.39, 0.29) is 18.8 Å². The first kappa shape index (κ1) is 20.7. The highest BCUT2D eigenvalue weighted by Gasteiger charge is 2.37. The molecule has 25 heavy (non-hydrogen) atoms. The molecule has 1 aromatic carbocycles. The van der Waals surface area contributed by atoms with Gasteiger partial charge in [-0.2, -0.15) is 0 Å². The Balaban J connectivity index is 3.20. The summed E-state index contributed by atoms with van der Waals surface area (Å²) in [5.41, 5.74) is -0.0623. The van der Waals surface area contributed by atoms with Crippen molar-refractivity contribution in [2.75, 3.05) is 6.61 Å². The maximum atomic E-state index is 12.4. The van der Waals surface area contributed by atoms with Gasteiger partial charge in [0.15, 0.2) is 0 Å². The molecule has 0 heterocycles. The van der Waals surface area contributed by atoms with Crippen molar-refractivity contribution >= 4 is 17.8 Å². The molecule has 1 aromatic rings. The van der Waals surface area contributed by atoms with Crippen LogP contribution in [0, 0.1) is 5.92 Å². The quantitative estimate of drug-likeness (QED) is 0.602. The average molecular weight is 349 g/mol. The van der Waals surface area contributed by atoms with Gasteiger partial charge in [-0.3, -0.25) is 9.59 Å². The van der Waals surface area contributed by atoms with Crippen LogP contribution in [0.4, 0.5) is 4.79 Å². The number of hydrogen-bond acceptors (Lipinski definition) is 5. The average Bonchev–Trinajstić information content (AvgIpc) is 2.53. The van der Waals surface area contributed by atoms with Crippen LogP contribution in [-0.4, -0.2) is 30.1 Å². The maximum Gasteiger partial charge on any atom is 0.408 e. The number of alkyl carbamates (subject to hydrolysis) is 1. The molecule has 0 fully saturated rings. The SMILES string of the molecule is CCOC(=O)[C@H](C(=O)CC)[C@@H](NC(=O)OC(C)(C)C)c1ccccc1. The fourth-order valence-electron chi connectivity index (χ4n) is 2.36. The molecule has 1 N–H and O–H groups in total. The lowest BCUT2D eigenvalue weighted by Gasteiger charge is -2.27. The first-order valence-electron chi connectivity index (χ1n) is 8.43. The molecule has 6 nitrogen and oxygen atoms in total. The number of esters is 1. The van der Waals surface area contributed by atoms with Crippen LogP contribution in [0.3, 0.4) is 0 Å². The Morgan fingerprint density at radius 1 is 1.08 bits per heavy atom. The van der Waals surface area contributed by atoms with Crippen molar-refractivity contribution in [1.29, 1.82) is 0 Å². The van der Waals surface area contributed by atoms with Crippen LogP contribution in [-0.2, 0) is 19.1 Å². The van der Waals surface area contributed by atoms with Crippen LogP contribution in [0.2, 0.25) is 0 Å². The van der Waals surface area contributed by atoms with Crippen LogP contribution in [0.25, 0.3) is 0 Å². The smallest absolute Gasteiger partial charge is 0.408 e. The van der Waals surface area contributed by atoms with Crippen molar-refractivity contribution in [2.45, 2.75) is 52.7 Å². The number of nitrogens with one attached hydrogen (secondary N) is 1. The van der Waals surface area contributed by atoms with Gasteiger partial charge in [-0.05, 0) is 33.3 Å². The van der Waals surface area contributed by atoms with E-state index in [1.54, 1.807) is 58.9 Å². The van der Waals surface area contributed by atoms with Crippen molar-refractivity contribution in [3.8, 4) is 0 Å². The van der Waals surface area contributed by atoms with E-state index >= 15 is 0 Å². The van der Waals surface area contributed by atoms with Gasteiger partial charge in [-0.1, -0.05) is 37.3 Å². The lowest BCUT2D eigenvalue weighted by molar-refractivity contribution is -0.152. The van der Waals surface area contributed by atoms with E-state index in [9.17, 15) is 14.4 Å². The molecule has 0 aliphatic rings. The lowest BCUT2D eigenvalue weighted by atomic mass is 9.88. The Kier molecular flexibility index (Phi) is 7.61. The molecule has 0 unspecified atom stereocenters. The maximum absolute atomic E-state index is 12.4. The van der Waals surface area contributed by atoms with E-state index in [4.69, 9.17) is 9.47 Å². The highest BCUT2D eigenvalue weighted by Crippen LogP contribution is 2.26. The summed E-state index contributed by atoms with van der Waals surface area (Å²) in [6.45, 7) is 8.72. The third-order valence-electron chi connectivity index (χ3n) is 3.40. The summed E-state index contributed by atoms with van der Waals surface area (Å²) in [4.78, 5) is 37.0. The van der Waals surface area contributed by atoms with Gasteiger partial charge in [-0.25, -0.2) is 4.79 Å². The molecule has 0 radical (unpaired) electrons. The summed E-state index contributed by atoms with van der Waals surface area (Å²) in [7, 11) is 0. The minimum atomic E-state index is -1.13. The van der Waals surface area contributed by atoms with Gasteiger partial charge >= 0.3 is 12.1 Å². The zero-order chi connectivity index (χ0) is 19.0. The molecule has 0 aliphatic carbocycles. The van der Waals surface area contributed by atoms with Gasteiger partial charge in [0, 0.05) is 6.42 Å². The molecule has 6 heteroatoms. The summed E-state index contributed by atoms with van der Waals surface area (Å²) >= 11 is 0. The van der Waals surface area contributed by atoms with Crippen LogP contribution in [0.1, 0.15) is 52.6 Å². The number of amides is 1.